The van der Waals surface area contributed by atoms with E-state index in [-0.39, 0.29) is 5.78 Å². The lowest BCUT2D eigenvalue weighted by Crippen LogP contribution is -2.18. The van der Waals surface area contributed by atoms with Gasteiger partial charge in [-0.3, -0.25) is 4.79 Å². The summed E-state index contributed by atoms with van der Waals surface area (Å²) in [4.78, 5) is 15.3. The molecule has 134 valence electrons. The third-order valence-electron chi connectivity index (χ3n) is 4.92. The van der Waals surface area contributed by atoms with E-state index in [2.05, 4.69) is 35.2 Å². The van der Waals surface area contributed by atoms with Crippen LogP contribution in [0, 0.1) is 0 Å². The SMILES string of the molecule is CC(=O)/C=C1\Sc2ccccc2N1/C1=C/CCCCCCCCCC1. The fourth-order valence-electron chi connectivity index (χ4n) is 3.65. The first-order valence-electron chi connectivity index (χ1n) is 9.74. The number of hydrogen-bond donors (Lipinski definition) is 0. The van der Waals surface area contributed by atoms with Crippen LogP contribution in [-0.4, -0.2) is 5.78 Å². The van der Waals surface area contributed by atoms with Crippen molar-refractivity contribution in [2.24, 2.45) is 0 Å². The number of para-hydroxylation sites is 1. The van der Waals surface area contributed by atoms with Crippen LogP contribution in [0.4, 0.5) is 5.69 Å². The van der Waals surface area contributed by atoms with Crippen LogP contribution >= 0.6 is 11.8 Å². The standard InChI is InChI=1S/C22H29NOS/c1-18(24)17-22-23(20-15-11-12-16-21(20)25-22)19-13-9-7-5-3-2-4-6-8-10-14-19/h11-13,15-17H,2-10,14H2,1H3/b19-13+,22-17-. The van der Waals surface area contributed by atoms with Gasteiger partial charge in [0, 0.05) is 16.7 Å². The molecule has 3 rings (SSSR count). The summed E-state index contributed by atoms with van der Waals surface area (Å²) in [5.41, 5.74) is 2.61. The Morgan fingerprint density at radius 2 is 1.68 bits per heavy atom. The lowest BCUT2D eigenvalue weighted by Gasteiger charge is -2.24. The van der Waals surface area contributed by atoms with Gasteiger partial charge in [-0.1, -0.05) is 68.5 Å². The molecule has 1 aromatic carbocycles. The maximum absolute atomic E-state index is 11.8. The lowest BCUT2D eigenvalue weighted by molar-refractivity contribution is -0.112. The first-order valence-corrected chi connectivity index (χ1v) is 10.6. The van der Waals surface area contributed by atoms with E-state index in [4.69, 9.17) is 0 Å². The minimum Gasteiger partial charge on any atom is -0.307 e. The summed E-state index contributed by atoms with van der Waals surface area (Å²) in [6, 6.07) is 8.51. The zero-order chi connectivity index (χ0) is 17.5. The smallest absolute Gasteiger partial charge is 0.155 e. The van der Waals surface area contributed by atoms with Crippen LogP contribution in [0.5, 0.6) is 0 Å². The number of carbonyl (C=O) groups is 1. The second-order valence-electron chi connectivity index (χ2n) is 7.06. The predicted octanol–water partition coefficient (Wildman–Crippen LogP) is 6.83. The molecule has 0 amide bonds. The van der Waals surface area contributed by atoms with E-state index in [0.717, 1.165) is 17.9 Å². The van der Waals surface area contributed by atoms with Crippen molar-refractivity contribution in [3.05, 3.63) is 47.1 Å². The highest BCUT2D eigenvalue weighted by molar-refractivity contribution is 8.03. The second kappa shape index (κ2) is 9.28. The van der Waals surface area contributed by atoms with Gasteiger partial charge in [0.15, 0.2) is 5.78 Å². The van der Waals surface area contributed by atoms with Crippen molar-refractivity contribution in [1.82, 2.24) is 0 Å². The highest BCUT2D eigenvalue weighted by Gasteiger charge is 2.27. The van der Waals surface area contributed by atoms with E-state index in [1.807, 2.05) is 0 Å². The van der Waals surface area contributed by atoms with Crippen LogP contribution in [0.15, 0.2) is 52.0 Å². The topological polar surface area (TPSA) is 20.3 Å². The Balaban J connectivity index is 1.88. The van der Waals surface area contributed by atoms with E-state index >= 15 is 0 Å². The molecule has 0 fully saturated rings. The van der Waals surface area contributed by atoms with Crippen molar-refractivity contribution in [3.63, 3.8) is 0 Å². The van der Waals surface area contributed by atoms with Gasteiger partial charge < -0.3 is 4.90 Å². The van der Waals surface area contributed by atoms with Gasteiger partial charge in [0.25, 0.3) is 0 Å². The second-order valence-corrected chi connectivity index (χ2v) is 8.12. The van der Waals surface area contributed by atoms with Crippen molar-refractivity contribution in [1.29, 1.82) is 0 Å². The van der Waals surface area contributed by atoms with Crippen LogP contribution in [0.3, 0.4) is 0 Å². The molecule has 0 N–H and O–H groups in total. The summed E-state index contributed by atoms with van der Waals surface area (Å²) in [7, 11) is 0. The number of ketones is 1. The molecule has 1 heterocycles. The van der Waals surface area contributed by atoms with E-state index in [1.165, 1.54) is 67.6 Å². The molecule has 2 nitrogen and oxygen atoms in total. The van der Waals surface area contributed by atoms with E-state index in [0.29, 0.717) is 0 Å². The fourth-order valence-corrected chi connectivity index (χ4v) is 4.82. The van der Waals surface area contributed by atoms with Crippen LogP contribution in [0.1, 0.15) is 71.1 Å². The van der Waals surface area contributed by atoms with Gasteiger partial charge in [-0.05, 0) is 44.7 Å². The quantitative estimate of drug-likeness (QED) is 0.542. The van der Waals surface area contributed by atoms with Crippen molar-refractivity contribution in [2.45, 2.75) is 76.0 Å². The van der Waals surface area contributed by atoms with Gasteiger partial charge >= 0.3 is 0 Å². The van der Waals surface area contributed by atoms with E-state index < -0.39 is 0 Å². The summed E-state index contributed by atoms with van der Waals surface area (Å²) in [5, 5.41) is 1.06. The highest BCUT2D eigenvalue weighted by Crippen LogP contribution is 2.48. The molecule has 0 aromatic heterocycles. The first-order chi connectivity index (χ1) is 12.3. The molecule has 0 saturated carbocycles. The van der Waals surface area contributed by atoms with Crippen LogP contribution in [0.2, 0.25) is 0 Å². The number of anilines is 1. The van der Waals surface area contributed by atoms with E-state index in [9.17, 15) is 4.79 Å². The number of thioether (sulfide) groups is 1. The first kappa shape index (κ1) is 18.3. The Hall–Kier alpha value is -1.48. The van der Waals surface area contributed by atoms with Gasteiger partial charge in [0.1, 0.15) is 0 Å². The maximum Gasteiger partial charge on any atom is 0.155 e. The Morgan fingerprint density at radius 1 is 1.00 bits per heavy atom. The average Bonchev–Trinajstić information content (AvgIpc) is 2.92. The minimum absolute atomic E-state index is 0.120. The monoisotopic (exact) mass is 355 g/mol. The Kier molecular flexibility index (Phi) is 6.80. The predicted molar refractivity (Wildman–Crippen MR) is 108 cm³/mol. The zero-order valence-corrected chi connectivity index (χ0v) is 16.1. The largest absolute Gasteiger partial charge is 0.307 e. The molecule has 0 spiro atoms. The lowest BCUT2D eigenvalue weighted by atomic mass is 10.0. The molecule has 2 aliphatic rings. The maximum atomic E-state index is 11.8. The van der Waals surface area contributed by atoms with Gasteiger partial charge in [-0.25, -0.2) is 0 Å². The zero-order valence-electron chi connectivity index (χ0n) is 15.3. The molecule has 0 unspecified atom stereocenters. The third kappa shape index (κ3) is 5.01. The summed E-state index contributed by atoms with van der Waals surface area (Å²) in [6.45, 7) is 1.64. The summed E-state index contributed by atoms with van der Waals surface area (Å²) < 4.78 is 0. The van der Waals surface area contributed by atoms with Crippen LogP contribution < -0.4 is 4.90 Å². The van der Waals surface area contributed by atoms with Gasteiger partial charge in [-0.2, -0.15) is 0 Å². The molecule has 0 radical (unpaired) electrons. The highest BCUT2D eigenvalue weighted by atomic mass is 32.2. The summed E-state index contributed by atoms with van der Waals surface area (Å²) in [6.07, 6.45) is 17.2. The fraction of sp³-hybridized carbons (Fsp3) is 0.500. The van der Waals surface area contributed by atoms with Gasteiger partial charge in [0.05, 0.1) is 10.7 Å². The van der Waals surface area contributed by atoms with E-state index in [1.54, 1.807) is 24.8 Å². The van der Waals surface area contributed by atoms with Crippen molar-refractivity contribution in [2.75, 3.05) is 4.90 Å². The molecule has 0 atom stereocenters. The number of carbonyl (C=O) groups excluding carboxylic acids is 1. The van der Waals surface area contributed by atoms with Crippen LogP contribution in [-0.2, 0) is 4.79 Å². The Labute approximate surface area is 156 Å². The summed E-state index contributed by atoms with van der Waals surface area (Å²) in [5.74, 6) is 0.120. The van der Waals surface area contributed by atoms with Crippen LogP contribution in [0.25, 0.3) is 0 Å². The number of nitrogens with zero attached hydrogens (tertiary/aromatic N) is 1. The normalized spacial score (nSPS) is 23.3. The molecular formula is C22H29NOS. The Morgan fingerprint density at radius 3 is 2.44 bits per heavy atom. The number of benzene rings is 1. The average molecular weight is 356 g/mol. The molecule has 1 aliphatic heterocycles. The Bertz CT molecular complexity index is 662. The van der Waals surface area contributed by atoms with Crippen molar-refractivity contribution in [3.8, 4) is 0 Å². The summed E-state index contributed by atoms with van der Waals surface area (Å²) >= 11 is 1.72. The van der Waals surface area contributed by atoms with Gasteiger partial charge in [0.2, 0.25) is 0 Å². The number of hydrogen-bond acceptors (Lipinski definition) is 3. The number of allylic oxidation sites excluding steroid dienone is 3. The number of rotatable bonds is 2. The molecule has 0 saturated heterocycles. The molecular weight excluding hydrogens is 326 g/mol. The third-order valence-corrected chi connectivity index (χ3v) is 6.00. The minimum atomic E-state index is 0.120. The molecule has 25 heavy (non-hydrogen) atoms. The molecule has 1 aromatic rings. The number of fused-ring (bicyclic) bond motifs is 1. The molecule has 0 bridgehead atoms. The van der Waals surface area contributed by atoms with Crippen molar-refractivity contribution >= 4 is 23.2 Å². The van der Waals surface area contributed by atoms with Gasteiger partial charge in [-0.15, -0.1) is 0 Å². The van der Waals surface area contributed by atoms with Crippen molar-refractivity contribution < 1.29 is 4.79 Å². The molecule has 3 heteroatoms. The molecule has 1 aliphatic carbocycles.